The molecule has 2 aromatic rings. The van der Waals surface area contributed by atoms with Crippen molar-refractivity contribution in [3.8, 4) is 0 Å². The lowest BCUT2D eigenvalue weighted by molar-refractivity contribution is 0.0955. The fourth-order valence-corrected chi connectivity index (χ4v) is 3.36. The summed E-state index contributed by atoms with van der Waals surface area (Å²) in [6.45, 7) is 4.55. The van der Waals surface area contributed by atoms with Gasteiger partial charge in [0.25, 0.3) is 5.91 Å². The van der Waals surface area contributed by atoms with Crippen molar-refractivity contribution in [2.45, 2.75) is 39.4 Å². The Morgan fingerprint density at radius 1 is 1.30 bits per heavy atom. The molecule has 3 N–H and O–H groups in total. The number of benzene rings is 1. The van der Waals surface area contributed by atoms with E-state index >= 15 is 0 Å². The van der Waals surface area contributed by atoms with Gasteiger partial charge >= 0.3 is 7.05 Å². The summed E-state index contributed by atoms with van der Waals surface area (Å²) in [6.07, 6.45) is 4.19. The zero-order valence-electron chi connectivity index (χ0n) is 15.7. The molecule has 0 bridgehead atoms. The largest absolute Gasteiger partial charge is 0.468 e. The molecule has 27 heavy (non-hydrogen) atoms. The standard InChI is InChI=1S/C20H25BN2O4/c1-13(11-22-21(2)26)10-14-6-8-15(9-7-14)23-20(25)16-12-27-18-5-3-4-17(24)19(16)18/h6-9,12-13,22,26H,3-5,10-11H2,1-2H3,(H,23,25). The summed E-state index contributed by atoms with van der Waals surface area (Å²) in [5.41, 5.74) is 2.59. The molecule has 0 radical (unpaired) electrons. The molecule has 1 aliphatic rings. The summed E-state index contributed by atoms with van der Waals surface area (Å²) < 4.78 is 5.41. The molecule has 3 rings (SSSR count). The predicted molar refractivity (Wildman–Crippen MR) is 105 cm³/mol. The highest BCUT2D eigenvalue weighted by Gasteiger charge is 2.27. The van der Waals surface area contributed by atoms with Crippen molar-refractivity contribution in [3.05, 3.63) is 53.0 Å². The molecule has 7 heteroatoms. The van der Waals surface area contributed by atoms with E-state index in [1.807, 2.05) is 24.3 Å². The van der Waals surface area contributed by atoms with Gasteiger partial charge in [-0.3, -0.25) is 9.59 Å². The summed E-state index contributed by atoms with van der Waals surface area (Å²) in [6, 6.07) is 7.67. The normalized spacial score (nSPS) is 14.6. The molecule has 0 fully saturated rings. The molecule has 1 heterocycles. The van der Waals surface area contributed by atoms with Gasteiger partial charge in [0.2, 0.25) is 0 Å². The van der Waals surface area contributed by atoms with Crippen molar-refractivity contribution in [1.82, 2.24) is 5.23 Å². The fraction of sp³-hybridized carbons (Fsp3) is 0.400. The van der Waals surface area contributed by atoms with Crippen LogP contribution in [-0.2, 0) is 12.8 Å². The summed E-state index contributed by atoms with van der Waals surface area (Å²) in [5.74, 6) is 0.651. The van der Waals surface area contributed by atoms with Crippen LogP contribution in [0.15, 0.2) is 34.9 Å². The van der Waals surface area contributed by atoms with Crippen LogP contribution in [-0.4, -0.2) is 30.3 Å². The quantitative estimate of drug-likeness (QED) is 0.654. The van der Waals surface area contributed by atoms with Crippen LogP contribution in [0.1, 0.15) is 51.8 Å². The first-order valence-electron chi connectivity index (χ1n) is 9.39. The second-order valence-electron chi connectivity index (χ2n) is 7.27. The molecule has 1 unspecified atom stereocenters. The molecule has 0 saturated heterocycles. The number of hydrogen-bond donors (Lipinski definition) is 3. The van der Waals surface area contributed by atoms with Crippen molar-refractivity contribution in [3.63, 3.8) is 0 Å². The number of fused-ring (bicyclic) bond motifs is 1. The Kier molecular flexibility index (Phi) is 6.13. The Bertz CT molecular complexity index is 814. The monoisotopic (exact) mass is 368 g/mol. The molecule has 1 aliphatic carbocycles. The number of hydrogen-bond acceptors (Lipinski definition) is 5. The fourth-order valence-electron chi connectivity index (χ4n) is 3.36. The third-order valence-electron chi connectivity index (χ3n) is 4.76. The smallest absolute Gasteiger partial charge is 0.373 e. The highest BCUT2D eigenvalue weighted by atomic mass is 16.3. The van der Waals surface area contributed by atoms with Crippen LogP contribution >= 0.6 is 0 Å². The van der Waals surface area contributed by atoms with E-state index in [1.54, 1.807) is 6.82 Å². The van der Waals surface area contributed by atoms with Crippen molar-refractivity contribution in [1.29, 1.82) is 0 Å². The minimum atomic E-state index is -0.509. The van der Waals surface area contributed by atoms with Crippen LogP contribution in [0.4, 0.5) is 5.69 Å². The third-order valence-corrected chi connectivity index (χ3v) is 4.76. The topological polar surface area (TPSA) is 91.6 Å². The van der Waals surface area contributed by atoms with E-state index in [2.05, 4.69) is 17.5 Å². The number of Topliss-reactive ketones (excluding diaryl/α,β-unsaturated/α-hetero) is 1. The molecule has 1 aromatic heterocycles. The van der Waals surface area contributed by atoms with Crippen molar-refractivity contribution in [2.75, 3.05) is 11.9 Å². The summed E-state index contributed by atoms with van der Waals surface area (Å²) in [7, 11) is -0.509. The summed E-state index contributed by atoms with van der Waals surface area (Å²) >= 11 is 0. The number of ketones is 1. The van der Waals surface area contributed by atoms with Gasteiger partial charge in [0.1, 0.15) is 12.0 Å². The lowest BCUT2D eigenvalue weighted by atomic mass is 9.87. The number of carbonyl (C=O) groups excluding carboxylic acids is 2. The van der Waals surface area contributed by atoms with Gasteiger partial charge in [-0.25, -0.2) is 0 Å². The zero-order valence-corrected chi connectivity index (χ0v) is 15.7. The zero-order chi connectivity index (χ0) is 19.4. The number of amides is 1. The van der Waals surface area contributed by atoms with Crippen LogP contribution in [0.25, 0.3) is 0 Å². The maximum absolute atomic E-state index is 12.5. The van der Waals surface area contributed by atoms with E-state index in [1.165, 1.54) is 6.26 Å². The lowest BCUT2D eigenvalue weighted by Crippen LogP contribution is -2.34. The highest BCUT2D eigenvalue weighted by Crippen LogP contribution is 2.27. The lowest BCUT2D eigenvalue weighted by Gasteiger charge is -2.13. The van der Waals surface area contributed by atoms with E-state index in [-0.39, 0.29) is 11.7 Å². The first-order chi connectivity index (χ1) is 12.9. The second-order valence-corrected chi connectivity index (χ2v) is 7.27. The number of carbonyl (C=O) groups is 2. The van der Waals surface area contributed by atoms with Gasteiger partial charge in [0.05, 0.1) is 11.1 Å². The van der Waals surface area contributed by atoms with Gasteiger partial charge in [-0.15, -0.1) is 0 Å². The van der Waals surface area contributed by atoms with E-state index in [4.69, 9.17) is 4.42 Å². The van der Waals surface area contributed by atoms with Crippen LogP contribution in [0.5, 0.6) is 0 Å². The van der Waals surface area contributed by atoms with E-state index in [0.717, 1.165) is 24.9 Å². The van der Waals surface area contributed by atoms with Crippen molar-refractivity contribution < 1.29 is 19.0 Å². The van der Waals surface area contributed by atoms with Gasteiger partial charge < -0.3 is 20.0 Å². The minimum Gasteiger partial charge on any atom is -0.468 e. The van der Waals surface area contributed by atoms with E-state index in [0.29, 0.717) is 41.3 Å². The molecule has 1 aromatic carbocycles. The van der Waals surface area contributed by atoms with Crippen molar-refractivity contribution >= 4 is 24.4 Å². The van der Waals surface area contributed by atoms with Gasteiger partial charge in [-0.05, 0) is 49.8 Å². The number of anilines is 1. The van der Waals surface area contributed by atoms with Crippen LogP contribution in [0.3, 0.4) is 0 Å². The molecule has 1 amide bonds. The van der Waals surface area contributed by atoms with Crippen molar-refractivity contribution in [2.24, 2.45) is 5.92 Å². The molecule has 1 atom stereocenters. The Balaban J connectivity index is 1.61. The SMILES string of the molecule is CB(O)NCC(C)Cc1ccc(NC(=O)c2coc3c2C(=O)CCC3)cc1. The van der Waals surface area contributed by atoms with Crippen LogP contribution in [0, 0.1) is 5.92 Å². The van der Waals surface area contributed by atoms with Gasteiger partial charge in [-0.2, -0.15) is 0 Å². The average molecular weight is 368 g/mol. The Hall–Kier alpha value is -2.38. The second kappa shape index (κ2) is 8.54. The van der Waals surface area contributed by atoms with Gasteiger partial charge in [0.15, 0.2) is 5.78 Å². The van der Waals surface area contributed by atoms with Gasteiger partial charge in [0, 0.05) is 18.5 Å². The molecule has 0 aliphatic heterocycles. The molecule has 6 nitrogen and oxygen atoms in total. The van der Waals surface area contributed by atoms with E-state index < -0.39 is 7.05 Å². The number of rotatable bonds is 7. The number of nitrogens with one attached hydrogen (secondary N) is 2. The summed E-state index contributed by atoms with van der Waals surface area (Å²) in [4.78, 5) is 24.7. The molecule has 0 spiro atoms. The maximum atomic E-state index is 12.5. The molecule has 0 saturated carbocycles. The Morgan fingerprint density at radius 2 is 2.04 bits per heavy atom. The van der Waals surface area contributed by atoms with Gasteiger partial charge in [-0.1, -0.05) is 19.1 Å². The van der Waals surface area contributed by atoms with Crippen LogP contribution < -0.4 is 10.5 Å². The minimum absolute atomic E-state index is 0.0229. The molecular weight excluding hydrogens is 343 g/mol. The average Bonchev–Trinajstić information content (AvgIpc) is 3.07. The number of furan rings is 1. The first-order valence-corrected chi connectivity index (χ1v) is 9.39. The molecule has 142 valence electrons. The maximum Gasteiger partial charge on any atom is 0.373 e. The Morgan fingerprint density at radius 3 is 2.74 bits per heavy atom. The summed E-state index contributed by atoms with van der Waals surface area (Å²) in [5, 5.41) is 15.1. The van der Waals surface area contributed by atoms with E-state index in [9.17, 15) is 14.6 Å². The highest BCUT2D eigenvalue weighted by molar-refractivity contribution is 6.45. The Labute approximate surface area is 159 Å². The van der Waals surface area contributed by atoms with Crippen LogP contribution in [0.2, 0.25) is 6.82 Å². The number of aryl methyl sites for hydroxylation is 1. The third kappa shape index (κ3) is 4.87. The first kappa shape index (κ1) is 19.4. The molecular formula is C20H25BN2O4. The predicted octanol–water partition coefficient (Wildman–Crippen LogP) is 2.93.